The van der Waals surface area contributed by atoms with Gasteiger partial charge < -0.3 is 5.32 Å². The molecule has 1 N–H and O–H groups in total. The van der Waals surface area contributed by atoms with Gasteiger partial charge in [0.15, 0.2) is 5.82 Å². The van der Waals surface area contributed by atoms with Crippen LogP contribution < -0.4 is 5.32 Å². The highest BCUT2D eigenvalue weighted by molar-refractivity contribution is 5.57. The minimum atomic E-state index is 0.601. The minimum Gasteiger partial charge on any atom is -0.352 e. The summed E-state index contributed by atoms with van der Waals surface area (Å²) in [5.41, 5.74) is 2.36. The summed E-state index contributed by atoms with van der Waals surface area (Å²) in [5.74, 6) is 1.77. The Labute approximate surface area is 101 Å². The molecule has 0 amide bonds. The van der Waals surface area contributed by atoms with E-state index in [0.29, 0.717) is 6.04 Å². The summed E-state index contributed by atoms with van der Waals surface area (Å²) in [7, 11) is 2.00. The SMILES string of the molecule is Cc1ccc(-c2nnc(NC3CC3)n2C)cc1. The molecule has 4 nitrogen and oxygen atoms in total. The normalized spacial score (nSPS) is 14.9. The number of aromatic nitrogens is 3. The van der Waals surface area contributed by atoms with E-state index in [1.165, 1.54) is 18.4 Å². The lowest BCUT2D eigenvalue weighted by atomic mass is 10.1. The molecular formula is C13H16N4. The molecular weight excluding hydrogens is 212 g/mol. The van der Waals surface area contributed by atoms with Crippen LogP contribution in [0.5, 0.6) is 0 Å². The Morgan fingerprint density at radius 2 is 1.88 bits per heavy atom. The quantitative estimate of drug-likeness (QED) is 0.877. The Morgan fingerprint density at radius 3 is 2.53 bits per heavy atom. The molecule has 4 heteroatoms. The molecule has 1 heterocycles. The lowest BCUT2D eigenvalue weighted by Crippen LogP contribution is -2.07. The first kappa shape index (κ1) is 10.3. The van der Waals surface area contributed by atoms with Crippen LogP contribution in [0.2, 0.25) is 0 Å². The standard InChI is InChI=1S/C13H16N4/c1-9-3-5-10(6-4-9)12-15-16-13(17(12)2)14-11-7-8-11/h3-6,11H,7-8H2,1-2H3,(H,14,16). The molecule has 1 saturated carbocycles. The van der Waals surface area contributed by atoms with Gasteiger partial charge in [-0.15, -0.1) is 10.2 Å². The molecule has 0 atom stereocenters. The van der Waals surface area contributed by atoms with Gasteiger partial charge in [-0.25, -0.2) is 0 Å². The Kier molecular flexibility index (Phi) is 2.35. The van der Waals surface area contributed by atoms with Crippen molar-refractivity contribution in [3.05, 3.63) is 29.8 Å². The Balaban J connectivity index is 1.91. The number of rotatable bonds is 3. The molecule has 0 radical (unpaired) electrons. The van der Waals surface area contributed by atoms with Crippen molar-refractivity contribution in [2.45, 2.75) is 25.8 Å². The summed E-state index contributed by atoms with van der Waals surface area (Å²) in [6, 6.07) is 8.96. The van der Waals surface area contributed by atoms with Crippen molar-refractivity contribution in [2.75, 3.05) is 5.32 Å². The predicted octanol–water partition coefficient (Wildman–Crippen LogP) is 2.36. The number of anilines is 1. The average molecular weight is 228 g/mol. The van der Waals surface area contributed by atoms with E-state index in [4.69, 9.17) is 0 Å². The fourth-order valence-corrected chi connectivity index (χ4v) is 1.82. The van der Waals surface area contributed by atoms with Crippen LogP contribution in [0.25, 0.3) is 11.4 Å². The molecule has 1 fully saturated rings. The van der Waals surface area contributed by atoms with Crippen LogP contribution in [0.4, 0.5) is 5.95 Å². The molecule has 3 rings (SSSR count). The van der Waals surface area contributed by atoms with Crippen molar-refractivity contribution in [1.82, 2.24) is 14.8 Å². The van der Waals surface area contributed by atoms with Crippen LogP contribution in [-0.4, -0.2) is 20.8 Å². The second-order valence-corrected chi connectivity index (χ2v) is 4.69. The number of hydrogen-bond donors (Lipinski definition) is 1. The van der Waals surface area contributed by atoms with Crippen LogP contribution in [-0.2, 0) is 7.05 Å². The van der Waals surface area contributed by atoms with Crippen molar-refractivity contribution in [1.29, 1.82) is 0 Å². The molecule has 1 aliphatic carbocycles. The van der Waals surface area contributed by atoms with E-state index in [0.717, 1.165) is 17.3 Å². The van der Waals surface area contributed by atoms with Crippen LogP contribution in [0.3, 0.4) is 0 Å². The third-order valence-electron chi connectivity index (χ3n) is 3.10. The molecule has 0 unspecified atom stereocenters. The third kappa shape index (κ3) is 2.02. The van der Waals surface area contributed by atoms with E-state index in [-0.39, 0.29) is 0 Å². The van der Waals surface area contributed by atoms with Gasteiger partial charge in [0, 0.05) is 18.7 Å². The van der Waals surface area contributed by atoms with E-state index in [2.05, 4.69) is 46.7 Å². The summed E-state index contributed by atoms with van der Waals surface area (Å²) in [5, 5.41) is 11.8. The Hall–Kier alpha value is -1.84. The molecule has 2 aromatic rings. The minimum absolute atomic E-state index is 0.601. The fourth-order valence-electron chi connectivity index (χ4n) is 1.82. The number of aryl methyl sites for hydroxylation is 1. The van der Waals surface area contributed by atoms with E-state index in [9.17, 15) is 0 Å². The maximum absolute atomic E-state index is 4.25. The molecule has 17 heavy (non-hydrogen) atoms. The van der Waals surface area contributed by atoms with Gasteiger partial charge in [-0.3, -0.25) is 4.57 Å². The van der Waals surface area contributed by atoms with Crippen LogP contribution in [0, 0.1) is 6.92 Å². The molecule has 1 aliphatic rings. The Morgan fingerprint density at radius 1 is 1.18 bits per heavy atom. The van der Waals surface area contributed by atoms with Gasteiger partial charge in [-0.1, -0.05) is 29.8 Å². The third-order valence-corrected chi connectivity index (χ3v) is 3.10. The summed E-state index contributed by atoms with van der Waals surface area (Å²) in [4.78, 5) is 0. The second-order valence-electron chi connectivity index (χ2n) is 4.69. The second kappa shape index (κ2) is 3.87. The van der Waals surface area contributed by atoms with Gasteiger partial charge in [-0.05, 0) is 19.8 Å². The zero-order chi connectivity index (χ0) is 11.8. The van der Waals surface area contributed by atoms with E-state index in [1.807, 2.05) is 11.6 Å². The maximum Gasteiger partial charge on any atom is 0.224 e. The van der Waals surface area contributed by atoms with Crippen LogP contribution >= 0.6 is 0 Å². The molecule has 0 saturated heterocycles. The predicted molar refractivity (Wildman–Crippen MR) is 67.8 cm³/mol. The van der Waals surface area contributed by atoms with E-state index >= 15 is 0 Å². The van der Waals surface area contributed by atoms with Crippen molar-refractivity contribution in [2.24, 2.45) is 7.05 Å². The lowest BCUT2D eigenvalue weighted by molar-refractivity contribution is 0.905. The van der Waals surface area contributed by atoms with Crippen molar-refractivity contribution >= 4 is 5.95 Å². The van der Waals surface area contributed by atoms with Gasteiger partial charge in [0.2, 0.25) is 5.95 Å². The van der Waals surface area contributed by atoms with Crippen molar-refractivity contribution in [3.8, 4) is 11.4 Å². The van der Waals surface area contributed by atoms with Crippen molar-refractivity contribution in [3.63, 3.8) is 0 Å². The maximum atomic E-state index is 4.25. The summed E-state index contributed by atoms with van der Waals surface area (Å²) in [6.07, 6.45) is 2.49. The Bertz CT molecular complexity index is 523. The first-order chi connectivity index (χ1) is 8.24. The molecule has 1 aromatic heterocycles. The van der Waals surface area contributed by atoms with Gasteiger partial charge in [-0.2, -0.15) is 0 Å². The van der Waals surface area contributed by atoms with Crippen LogP contribution in [0.15, 0.2) is 24.3 Å². The molecule has 0 spiro atoms. The fraction of sp³-hybridized carbons (Fsp3) is 0.385. The van der Waals surface area contributed by atoms with Gasteiger partial charge in [0.25, 0.3) is 0 Å². The number of benzene rings is 1. The first-order valence-electron chi connectivity index (χ1n) is 5.97. The largest absolute Gasteiger partial charge is 0.352 e. The molecule has 0 bridgehead atoms. The average Bonchev–Trinajstić information content (AvgIpc) is 3.07. The number of nitrogens with one attached hydrogen (secondary N) is 1. The van der Waals surface area contributed by atoms with Crippen molar-refractivity contribution < 1.29 is 0 Å². The summed E-state index contributed by atoms with van der Waals surface area (Å²) >= 11 is 0. The smallest absolute Gasteiger partial charge is 0.224 e. The van der Waals surface area contributed by atoms with Gasteiger partial charge in [0.1, 0.15) is 0 Å². The topological polar surface area (TPSA) is 42.7 Å². The molecule has 0 aliphatic heterocycles. The lowest BCUT2D eigenvalue weighted by Gasteiger charge is -2.05. The highest BCUT2D eigenvalue weighted by Crippen LogP contribution is 2.25. The first-order valence-corrected chi connectivity index (χ1v) is 5.97. The highest BCUT2D eigenvalue weighted by atomic mass is 15.3. The van der Waals surface area contributed by atoms with Gasteiger partial charge in [0.05, 0.1) is 0 Å². The molecule has 1 aromatic carbocycles. The van der Waals surface area contributed by atoms with Gasteiger partial charge >= 0.3 is 0 Å². The highest BCUT2D eigenvalue weighted by Gasteiger charge is 2.23. The van der Waals surface area contributed by atoms with E-state index < -0.39 is 0 Å². The summed E-state index contributed by atoms with van der Waals surface area (Å²) in [6.45, 7) is 2.08. The molecule has 88 valence electrons. The number of hydrogen-bond acceptors (Lipinski definition) is 3. The number of nitrogens with zero attached hydrogens (tertiary/aromatic N) is 3. The monoisotopic (exact) mass is 228 g/mol. The van der Waals surface area contributed by atoms with Crippen LogP contribution in [0.1, 0.15) is 18.4 Å². The van der Waals surface area contributed by atoms with E-state index in [1.54, 1.807) is 0 Å². The zero-order valence-corrected chi connectivity index (χ0v) is 10.1. The summed E-state index contributed by atoms with van der Waals surface area (Å²) < 4.78 is 2.02. The zero-order valence-electron chi connectivity index (χ0n) is 10.1.